The lowest BCUT2D eigenvalue weighted by Gasteiger charge is -2.29. The van der Waals surface area contributed by atoms with Gasteiger partial charge in [-0.1, -0.05) is 46.3 Å². The minimum atomic E-state index is -1.32. The fraction of sp³-hybridized carbons (Fsp3) is 0.261. The second-order valence-corrected chi connectivity index (χ2v) is 8.21. The van der Waals surface area contributed by atoms with Gasteiger partial charge in [-0.2, -0.15) is 0 Å². The van der Waals surface area contributed by atoms with Crippen molar-refractivity contribution in [2.24, 2.45) is 0 Å². The Balaban J connectivity index is 1.64. The van der Waals surface area contributed by atoms with Gasteiger partial charge in [0.1, 0.15) is 11.3 Å². The van der Waals surface area contributed by atoms with Crippen molar-refractivity contribution in [3.8, 4) is 5.75 Å². The lowest BCUT2D eigenvalue weighted by atomic mass is 10.1. The molecule has 1 fully saturated rings. The van der Waals surface area contributed by atoms with E-state index in [-0.39, 0.29) is 18.1 Å². The number of ether oxygens (including phenoxy) is 3. The molecule has 0 aliphatic carbocycles. The molecule has 0 radical (unpaired) electrons. The maximum absolute atomic E-state index is 12.2. The molecule has 1 N–H and O–H groups in total. The van der Waals surface area contributed by atoms with Gasteiger partial charge in [-0.3, -0.25) is 4.79 Å². The smallest absolute Gasteiger partial charge is 0.348 e. The van der Waals surface area contributed by atoms with E-state index in [1.54, 1.807) is 18.2 Å². The highest BCUT2D eigenvalue weighted by Gasteiger charge is 2.39. The van der Waals surface area contributed by atoms with Crippen LogP contribution in [0.5, 0.6) is 5.75 Å². The van der Waals surface area contributed by atoms with E-state index in [9.17, 15) is 14.4 Å². The fourth-order valence-electron chi connectivity index (χ4n) is 2.88. The van der Waals surface area contributed by atoms with Crippen LogP contribution in [0.4, 0.5) is 0 Å². The van der Waals surface area contributed by atoms with Gasteiger partial charge in [0.25, 0.3) is 11.7 Å². The second-order valence-electron chi connectivity index (χ2n) is 7.29. The Hall–Kier alpha value is -3.13. The van der Waals surface area contributed by atoms with Gasteiger partial charge in [0.05, 0.1) is 0 Å². The van der Waals surface area contributed by atoms with Crippen LogP contribution < -0.4 is 10.1 Å². The number of nitrogens with one attached hydrogen (secondary N) is 1. The predicted molar refractivity (Wildman–Crippen MR) is 117 cm³/mol. The van der Waals surface area contributed by atoms with Crippen LogP contribution in [0, 0.1) is 0 Å². The van der Waals surface area contributed by atoms with Gasteiger partial charge in [0.2, 0.25) is 0 Å². The molecule has 162 valence electrons. The third-order valence-electron chi connectivity index (χ3n) is 4.33. The number of hydrogen-bond acceptors (Lipinski definition) is 6. The van der Waals surface area contributed by atoms with E-state index in [1.807, 2.05) is 30.3 Å². The van der Waals surface area contributed by atoms with E-state index in [0.717, 1.165) is 5.56 Å². The molecular weight excluding hydrogens is 466 g/mol. The summed E-state index contributed by atoms with van der Waals surface area (Å²) in [6.07, 6.45) is 2.04. The largest absolute Gasteiger partial charge is 0.483 e. The molecule has 0 saturated carbocycles. The summed E-state index contributed by atoms with van der Waals surface area (Å²) in [6, 6.07) is 14.8. The van der Waals surface area contributed by atoms with E-state index in [0.29, 0.717) is 28.8 Å². The maximum Gasteiger partial charge on any atom is 0.348 e. The molecule has 7 nitrogen and oxygen atoms in total. The minimum absolute atomic E-state index is 0.214. The van der Waals surface area contributed by atoms with Gasteiger partial charge >= 0.3 is 11.9 Å². The summed E-state index contributed by atoms with van der Waals surface area (Å²) in [6.45, 7) is 3.22. The fourth-order valence-corrected chi connectivity index (χ4v) is 3.26. The van der Waals surface area contributed by atoms with Gasteiger partial charge in [-0.05, 0) is 36.3 Å². The summed E-state index contributed by atoms with van der Waals surface area (Å²) in [4.78, 5) is 36.6. The zero-order valence-electron chi connectivity index (χ0n) is 17.1. The Labute approximate surface area is 188 Å². The molecule has 0 unspecified atom stereocenters. The van der Waals surface area contributed by atoms with Crippen LogP contribution in [0.3, 0.4) is 0 Å². The molecule has 2 aromatic rings. The van der Waals surface area contributed by atoms with Crippen LogP contribution in [0.2, 0.25) is 0 Å². The number of rotatable bonds is 7. The van der Waals surface area contributed by atoms with Crippen LogP contribution in [0.1, 0.15) is 25.0 Å². The molecule has 3 rings (SSSR count). The van der Waals surface area contributed by atoms with Gasteiger partial charge < -0.3 is 19.5 Å². The molecule has 1 heterocycles. The van der Waals surface area contributed by atoms with Crippen LogP contribution in [-0.2, 0) is 30.3 Å². The number of hydrogen-bond donors (Lipinski definition) is 1. The molecule has 1 aliphatic heterocycles. The van der Waals surface area contributed by atoms with Crippen molar-refractivity contribution in [3.63, 3.8) is 0 Å². The topological polar surface area (TPSA) is 90.9 Å². The van der Waals surface area contributed by atoms with Crippen LogP contribution in [-0.4, -0.2) is 36.8 Å². The summed E-state index contributed by atoms with van der Waals surface area (Å²) in [5, 5.41) is 2.80. The summed E-state index contributed by atoms with van der Waals surface area (Å²) in [5.41, 5.74) is 1.30. The van der Waals surface area contributed by atoms with Gasteiger partial charge in [0, 0.05) is 30.4 Å². The van der Waals surface area contributed by atoms with Crippen LogP contribution in [0.15, 0.2) is 58.6 Å². The highest BCUT2D eigenvalue weighted by molar-refractivity contribution is 9.10. The monoisotopic (exact) mass is 487 g/mol. The van der Waals surface area contributed by atoms with Gasteiger partial charge in [-0.25, -0.2) is 9.59 Å². The standard InChI is InChI=1S/C23H22BrNO6/c1-23(2)30-21(27)18(22(28)31-23)13-16-12-17(24)8-9-19(16)29-14-20(26)25-11-10-15-6-4-3-5-7-15/h3-9,12-13H,10-11,14H2,1-2H3,(H,25,26). The van der Waals surface area contributed by atoms with Gasteiger partial charge in [0.15, 0.2) is 6.61 Å². The van der Waals surface area contributed by atoms with E-state index in [4.69, 9.17) is 14.2 Å². The number of cyclic esters (lactones) is 2. The van der Waals surface area contributed by atoms with Crippen molar-refractivity contribution in [1.29, 1.82) is 0 Å². The second kappa shape index (κ2) is 9.78. The molecule has 0 aromatic heterocycles. The van der Waals surface area contributed by atoms with Crippen molar-refractivity contribution >= 4 is 39.9 Å². The number of halogens is 1. The number of carbonyl (C=O) groups excluding carboxylic acids is 3. The van der Waals surface area contributed by atoms with E-state index >= 15 is 0 Å². The Kier molecular flexibility index (Phi) is 7.12. The van der Waals surface area contributed by atoms with Crippen LogP contribution >= 0.6 is 15.9 Å². The Morgan fingerprint density at radius 3 is 2.45 bits per heavy atom. The average molecular weight is 488 g/mol. The summed E-state index contributed by atoms with van der Waals surface area (Å²) < 4.78 is 16.6. The summed E-state index contributed by atoms with van der Waals surface area (Å²) in [7, 11) is 0. The Bertz CT molecular complexity index is 994. The zero-order valence-corrected chi connectivity index (χ0v) is 18.7. The van der Waals surface area contributed by atoms with Crippen molar-refractivity contribution in [2.45, 2.75) is 26.1 Å². The lowest BCUT2D eigenvalue weighted by Crippen LogP contribution is -2.41. The Morgan fingerprint density at radius 2 is 1.77 bits per heavy atom. The quantitative estimate of drug-likeness (QED) is 0.365. The van der Waals surface area contributed by atoms with Crippen molar-refractivity contribution in [2.75, 3.05) is 13.2 Å². The third-order valence-corrected chi connectivity index (χ3v) is 4.82. The lowest BCUT2D eigenvalue weighted by molar-refractivity contribution is -0.222. The molecule has 1 amide bonds. The van der Waals surface area contributed by atoms with Crippen LogP contribution in [0.25, 0.3) is 6.08 Å². The van der Waals surface area contributed by atoms with Crippen molar-refractivity contribution in [3.05, 3.63) is 69.7 Å². The van der Waals surface area contributed by atoms with E-state index in [1.165, 1.54) is 19.9 Å². The Morgan fingerprint density at radius 1 is 1.10 bits per heavy atom. The normalized spacial score (nSPS) is 15.0. The first-order chi connectivity index (χ1) is 14.7. The molecule has 31 heavy (non-hydrogen) atoms. The molecule has 1 saturated heterocycles. The first kappa shape index (κ1) is 22.6. The number of amides is 1. The first-order valence-corrected chi connectivity index (χ1v) is 10.4. The SMILES string of the molecule is CC1(C)OC(=O)C(=Cc2cc(Br)ccc2OCC(=O)NCCc2ccccc2)C(=O)O1. The molecule has 0 atom stereocenters. The third kappa shape index (κ3) is 6.42. The molecule has 0 bridgehead atoms. The molecule has 8 heteroatoms. The predicted octanol–water partition coefficient (Wildman–Crippen LogP) is 3.41. The number of benzene rings is 2. The zero-order chi connectivity index (χ0) is 22.4. The first-order valence-electron chi connectivity index (χ1n) is 9.65. The molecular formula is C23H22BrNO6. The van der Waals surface area contributed by atoms with Crippen molar-refractivity contribution < 1.29 is 28.6 Å². The number of esters is 2. The summed E-state index contributed by atoms with van der Waals surface area (Å²) >= 11 is 3.35. The molecule has 1 aliphatic rings. The molecule has 0 spiro atoms. The van der Waals surface area contributed by atoms with E-state index < -0.39 is 17.7 Å². The highest BCUT2D eigenvalue weighted by atomic mass is 79.9. The summed E-state index contributed by atoms with van der Waals surface area (Å²) in [5.74, 6) is -2.84. The minimum Gasteiger partial charge on any atom is -0.483 e. The highest BCUT2D eigenvalue weighted by Crippen LogP contribution is 2.29. The maximum atomic E-state index is 12.2. The molecule has 2 aromatic carbocycles. The van der Waals surface area contributed by atoms with E-state index in [2.05, 4.69) is 21.2 Å². The van der Waals surface area contributed by atoms with Gasteiger partial charge in [-0.15, -0.1) is 0 Å². The average Bonchev–Trinajstić information content (AvgIpc) is 2.70. The number of carbonyl (C=O) groups is 3. The van der Waals surface area contributed by atoms with Crippen molar-refractivity contribution in [1.82, 2.24) is 5.32 Å².